The Morgan fingerprint density at radius 3 is 2.50 bits per heavy atom. The normalized spacial score (nSPS) is 14.9. The molecule has 5 nitrogen and oxygen atoms in total. The summed E-state index contributed by atoms with van der Waals surface area (Å²) >= 11 is 0. The van der Waals surface area contributed by atoms with E-state index in [9.17, 15) is 8.78 Å². The van der Waals surface area contributed by atoms with Crippen LogP contribution >= 0.6 is 0 Å². The number of rotatable bonds is 3. The zero-order valence-electron chi connectivity index (χ0n) is 12.1. The van der Waals surface area contributed by atoms with Gasteiger partial charge in [0.1, 0.15) is 25.3 Å². The number of halogens is 2. The number of benzene rings is 1. The molecular weight excluding hydrogens is 289 g/mol. The van der Waals surface area contributed by atoms with Gasteiger partial charge in [-0.3, -0.25) is 0 Å². The molecule has 2 heterocycles. The van der Waals surface area contributed by atoms with Crippen molar-refractivity contribution in [3.05, 3.63) is 36.0 Å². The summed E-state index contributed by atoms with van der Waals surface area (Å²) in [6, 6.07) is 3.21. The van der Waals surface area contributed by atoms with Gasteiger partial charge in [-0.1, -0.05) is 0 Å². The minimum atomic E-state index is -0.650. The lowest BCUT2D eigenvalue weighted by Gasteiger charge is -2.29. The molecule has 8 heteroatoms. The van der Waals surface area contributed by atoms with Gasteiger partial charge < -0.3 is 15.0 Å². The van der Waals surface area contributed by atoms with Crippen molar-refractivity contribution in [1.82, 2.24) is 9.97 Å². The SMILES string of the molecule is Bc1cnc(Nc2cc(F)cc(F)c2)nc1N1CCOCC1. The highest BCUT2D eigenvalue weighted by molar-refractivity contribution is 6.35. The van der Waals surface area contributed by atoms with Gasteiger partial charge in [0.05, 0.1) is 13.2 Å². The van der Waals surface area contributed by atoms with Crippen molar-refractivity contribution in [2.45, 2.75) is 0 Å². The summed E-state index contributed by atoms with van der Waals surface area (Å²) in [5, 5.41) is 2.83. The van der Waals surface area contributed by atoms with Crippen LogP contribution < -0.4 is 15.7 Å². The molecule has 0 spiro atoms. The first kappa shape index (κ1) is 14.7. The Labute approximate surface area is 127 Å². The fourth-order valence-corrected chi connectivity index (χ4v) is 2.34. The highest BCUT2D eigenvalue weighted by Crippen LogP contribution is 2.18. The molecule has 22 heavy (non-hydrogen) atoms. The molecule has 1 aliphatic rings. The Balaban J connectivity index is 1.85. The quantitative estimate of drug-likeness (QED) is 0.841. The molecule has 0 aliphatic carbocycles. The topological polar surface area (TPSA) is 50.3 Å². The first-order valence-corrected chi connectivity index (χ1v) is 7.01. The minimum Gasteiger partial charge on any atom is -0.378 e. The third-order valence-electron chi connectivity index (χ3n) is 3.37. The van der Waals surface area contributed by atoms with Crippen LogP contribution in [0.3, 0.4) is 0 Å². The van der Waals surface area contributed by atoms with Crippen molar-refractivity contribution in [2.24, 2.45) is 0 Å². The maximum Gasteiger partial charge on any atom is 0.229 e. The van der Waals surface area contributed by atoms with E-state index >= 15 is 0 Å². The molecule has 3 rings (SSSR count). The highest BCUT2D eigenvalue weighted by Gasteiger charge is 2.15. The number of anilines is 3. The molecule has 0 amide bonds. The number of hydrogen-bond acceptors (Lipinski definition) is 5. The molecule has 0 atom stereocenters. The monoisotopic (exact) mass is 304 g/mol. The van der Waals surface area contributed by atoms with Crippen LogP contribution in [0.15, 0.2) is 24.4 Å². The van der Waals surface area contributed by atoms with Crippen molar-refractivity contribution in [3.63, 3.8) is 0 Å². The highest BCUT2D eigenvalue weighted by atomic mass is 19.1. The van der Waals surface area contributed by atoms with Gasteiger partial charge in [0.25, 0.3) is 0 Å². The molecule has 0 unspecified atom stereocenters. The smallest absolute Gasteiger partial charge is 0.229 e. The van der Waals surface area contributed by atoms with Gasteiger partial charge in [0.15, 0.2) is 0 Å². The lowest BCUT2D eigenvalue weighted by molar-refractivity contribution is 0.122. The van der Waals surface area contributed by atoms with Crippen LogP contribution in [0.25, 0.3) is 0 Å². The van der Waals surface area contributed by atoms with Gasteiger partial charge in [-0.15, -0.1) is 0 Å². The van der Waals surface area contributed by atoms with Gasteiger partial charge in [-0.2, -0.15) is 4.98 Å². The van der Waals surface area contributed by atoms with Crippen molar-refractivity contribution in [2.75, 3.05) is 36.5 Å². The second kappa shape index (κ2) is 6.27. The predicted octanol–water partition coefficient (Wildman–Crippen LogP) is 0.593. The molecule has 1 N–H and O–H groups in total. The third-order valence-corrected chi connectivity index (χ3v) is 3.37. The Morgan fingerprint density at radius 2 is 1.82 bits per heavy atom. The fourth-order valence-electron chi connectivity index (χ4n) is 2.34. The van der Waals surface area contributed by atoms with Crippen molar-refractivity contribution < 1.29 is 13.5 Å². The summed E-state index contributed by atoms with van der Waals surface area (Å²) in [5.74, 6) is -0.194. The molecule has 1 aromatic heterocycles. The number of ether oxygens (including phenoxy) is 1. The molecule has 1 aliphatic heterocycles. The minimum absolute atomic E-state index is 0.272. The van der Waals surface area contributed by atoms with E-state index in [-0.39, 0.29) is 5.69 Å². The van der Waals surface area contributed by atoms with Crippen molar-refractivity contribution >= 4 is 30.8 Å². The van der Waals surface area contributed by atoms with Crippen molar-refractivity contribution in [1.29, 1.82) is 0 Å². The van der Waals surface area contributed by atoms with E-state index < -0.39 is 11.6 Å². The van der Waals surface area contributed by atoms with E-state index in [0.717, 1.165) is 30.4 Å². The summed E-state index contributed by atoms with van der Waals surface area (Å²) in [7, 11) is 1.93. The molecule has 0 saturated carbocycles. The molecule has 1 saturated heterocycles. The maximum absolute atomic E-state index is 13.2. The van der Waals surface area contributed by atoms with Crippen LogP contribution in [0.5, 0.6) is 0 Å². The lowest BCUT2D eigenvalue weighted by atomic mass is 9.98. The lowest BCUT2D eigenvalue weighted by Crippen LogP contribution is -2.39. The van der Waals surface area contributed by atoms with E-state index in [1.807, 2.05) is 7.85 Å². The average molecular weight is 304 g/mol. The van der Waals surface area contributed by atoms with Crippen LogP contribution in [0.1, 0.15) is 0 Å². The van der Waals surface area contributed by atoms with Crippen LogP contribution in [0, 0.1) is 11.6 Å². The number of nitrogens with zero attached hydrogens (tertiary/aromatic N) is 3. The molecule has 2 aromatic rings. The Morgan fingerprint density at radius 1 is 1.14 bits per heavy atom. The molecule has 114 valence electrons. The van der Waals surface area contributed by atoms with Gasteiger partial charge in [-0.25, -0.2) is 13.8 Å². The summed E-state index contributed by atoms with van der Waals surface area (Å²) in [6.45, 7) is 2.82. The average Bonchev–Trinajstić information content (AvgIpc) is 2.49. The number of morpholine rings is 1. The van der Waals surface area contributed by atoms with Crippen molar-refractivity contribution in [3.8, 4) is 0 Å². The van der Waals surface area contributed by atoms with Gasteiger partial charge in [0.2, 0.25) is 5.95 Å². The van der Waals surface area contributed by atoms with Crippen LogP contribution in [0.4, 0.5) is 26.2 Å². The first-order chi connectivity index (χ1) is 10.6. The molecular formula is C14H15BF2N4O. The second-order valence-electron chi connectivity index (χ2n) is 5.08. The van der Waals surface area contributed by atoms with Gasteiger partial charge in [-0.05, 0) is 17.6 Å². The van der Waals surface area contributed by atoms with Gasteiger partial charge >= 0.3 is 0 Å². The van der Waals surface area contributed by atoms with E-state index in [2.05, 4.69) is 20.2 Å². The summed E-state index contributed by atoms with van der Waals surface area (Å²) in [6.07, 6.45) is 1.69. The standard InChI is InChI=1S/C14H15BF2N4O/c15-12-8-18-14(19-11-6-9(16)5-10(17)7-11)20-13(12)21-1-3-22-4-2-21/h5-8H,1-4,15H2,(H,18,19,20). The zero-order valence-corrected chi connectivity index (χ0v) is 12.1. The van der Waals surface area contributed by atoms with Gasteiger partial charge in [0, 0.05) is 31.0 Å². The maximum atomic E-state index is 13.2. The Bertz CT molecular complexity index is 660. The van der Waals surface area contributed by atoms with Crippen LogP contribution in [0.2, 0.25) is 0 Å². The predicted molar refractivity (Wildman–Crippen MR) is 82.9 cm³/mol. The number of nitrogens with one attached hydrogen (secondary N) is 1. The largest absolute Gasteiger partial charge is 0.378 e. The summed E-state index contributed by atoms with van der Waals surface area (Å²) < 4.78 is 31.8. The zero-order chi connectivity index (χ0) is 15.5. The first-order valence-electron chi connectivity index (χ1n) is 7.01. The second-order valence-corrected chi connectivity index (χ2v) is 5.08. The molecule has 1 fully saturated rings. The van der Waals surface area contributed by atoms with E-state index in [1.165, 1.54) is 12.1 Å². The molecule has 0 bridgehead atoms. The summed E-state index contributed by atoms with van der Waals surface area (Å²) in [5.41, 5.74) is 1.21. The van der Waals surface area contributed by atoms with E-state index in [1.54, 1.807) is 6.20 Å². The number of aromatic nitrogens is 2. The Kier molecular flexibility index (Phi) is 4.19. The third kappa shape index (κ3) is 3.33. The molecule has 1 aromatic carbocycles. The Hall–Kier alpha value is -2.22. The van der Waals surface area contributed by atoms with Crippen LogP contribution in [-0.2, 0) is 4.74 Å². The van der Waals surface area contributed by atoms with E-state index in [0.29, 0.717) is 19.2 Å². The molecule has 0 radical (unpaired) electrons. The summed E-state index contributed by atoms with van der Waals surface area (Å²) in [4.78, 5) is 10.7. The fraction of sp³-hybridized carbons (Fsp3) is 0.286. The van der Waals surface area contributed by atoms with E-state index in [4.69, 9.17) is 4.74 Å². The number of hydrogen-bond donors (Lipinski definition) is 1. The van der Waals surface area contributed by atoms with Crippen LogP contribution in [-0.4, -0.2) is 44.1 Å².